The minimum atomic E-state index is -0.0732. The Hall–Kier alpha value is -0.220. The Kier molecular flexibility index (Phi) is 4.36. The number of benzene rings is 1. The van der Waals surface area contributed by atoms with Gasteiger partial charge >= 0.3 is 0 Å². The average molecular weight is 272 g/mol. The van der Waals surface area contributed by atoms with Crippen LogP contribution in [0.5, 0.6) is 0 Å². The molecule has 17 heavy (non-hydrogen) atoms. The third kappa shape index (κ3) is 3.16. The van der Waals surface area contributed by atoms with Gasteiger partial charge in [-0.1, -0.05) is 17.7 Å². The molecule has 2 atom stereocenters. The molecule has 0 saturated heterocycles. The van der Waals surface area contributed by atoms with E-state index in [4.69, 9.17) is 11.6 Å². The maximum absolute atomic E-state index is 9.45. The monoisotopic (exact) mass is 271 g/mol. The maximum Gasteiger partial charge on any atom is 0.0613 e. The molecule has 0 amide bonds. The average Bonchev–Trinajstić information content (AvgIpc) is 2.73. The number of nitrogens with one attached hydrogen (secondary N) is 1. The molecule has 0 aromatic heterocycles. The first-order valence-electron chi connectivity index (χ1n) is 5.89. The number of hydrogen-bond donors (Lipinski definition) is 2. The zero-order valence-electron chi connectivity index (χ0n) is 9.95. The number of likely N-dealkylation sites (N-methyl/N-ethyl adjacent to an activating group) is 1. The van der Waals surface area contributed by atoms with Gasteiger partial charge in [0.1, 0.15) is 0 Å². The van der Waals surface area contributed by atoms with Crippen molar-refractivity contribution in [1.29, 1.82) is 0 Å². The number of aliphatic hydroxyl groups is 1. The summed E-state index contributed by atoms with van der Waals surface area (Å²) in [5.74, 6) is 0. The molecule has 0 heterocycles. The predicted molar refractivity (Wildman–Crippen MR) is 73.8 cm³/mol. The molecule has 2 N–H and O–H groups in total. The number of halogens is 1. The van der Waals surface area contributed by atoms with E-state index in [1.165, 1.54) is 4.90 Å². The van der Waals surface area contributed by atoms with Crippen LogP contribution in [-0.4, -0.2) is 29.5 Å². The zero-order chi connectivity index (χ0) is 12.3. The fraction of sp³-hybridized carbons (Fsp3) is 0.538. The number of aliphatic hydroxyl groups excluding tert-OH is 1. The van der Waals surface area contributed by atoms with Crippen LogP contribution in [0, 0.1) is 0 Å². The molecule has 0 bridgehead atoms. The third-order valence-corrected chi connectivity index (χ3v) is 4.99. The predicted octanol–water partition coefficient (Wildman–Crippen LogP) is 2.94. The summed E-state index contributed by atoms with van der Waals surface area (Å²) in [6.07, 6.45) is 3.19. The third-order valence-electron chi connectivity index (χ3n) is 3.50. The van der Waals surface area contributed by atoms with Crippen LogP contribution in [0.15, 0.2) is 29.2 Å². The molecule has 0 radical (unpaired) electrons. The lowest BCUT2D eigenvalue weighted by Crippen LogP contribution is -2.44. The standard InChI is InChI=1S/C13H18ClNOS/c1-15-13(9-16)6-5-12(8-13)17-11-4-2-3-10(14)7-11/h2-4,7,12,15-16H,5-6,8-9H2,1H3. The van der Waals surface area contributed by atoms with Crippen molar-refractivity contribution in [3.05, 3.63) is 29.3 Å². The van der Waals surface area contributed by atoms with Crippen LogP contribution in [0.1, 0.15) is 19.3 Å². The summed E-state index contributed by atoms with van der Waals surface area (Å²) in [7, 11) is 1.93. The van der Waals surface area contributed by atoms with Crippen LogP contribution in [0.3, 0.4) is 0 Å². The van der Waals surface area contributed by atoms with Crippen LogP contribution < -0.4 is 5.32 Å². The van der Waals surface area contributed by atoms with Gasteiger partial charge in [0.05, 0.1) is 6.61 Å². The summed E-state index contributed by atoms with van der Waals surface area (Å²) in [5, 5.41) is 14.1. The summed E-state index contributed by atoms with van der Waals surface area (Å²) in [6, 6.07) is 7.97. The lowest BCUT2D eigenvalue weighted by atomic mass is 10.00. The second-order valence-electron chi connectivity index (χ2n) is 4.63. The Morgan fingerprint density at radius 2 is 2.41 bits per heavy atom. The van der Waals surface area contributed by atoms with Gasteiger partial charge in [-0.2, -0.15) is 0 Å². The molecule has 94 valence electrons. The van der Waals surface area contributed by atoms with Crippen molar-refractivity contribution in [3.8, 4) is 0 Å². The Morgan fingerprint density at radius 1 is 1.59 bits per heavy atom. The molecule has 1 fully saturated rings. The van der Waals surface area contributed by atoms with Gasteiger partial charge in [0, 0.05) is 20.7 Å². The normalized spacial score (nSPS) is 28.5. The van der Waals surface area contributed by atoms with Crippen molar-refractivity contribution >= 4 is 23.4 Å². The molecule has 2 nitrogen and oxygen atoms in total. The second kappa shape index (κ2) is 5.61. The summed E-state index contributed by atoms with van der Waals surface area (Å²) in [5.41, 5.74) is -0.0732. The molecule has 2 rings (SSSR count). The van der Waals surface area contributed by atoms with E-state index in [0.29, 0.717) is 5.25 Å². The van der Waals surface area contributed by atoms with E-state index >= 15 is 0 Å². The molecule has 1 aliphatic rings. The van der Waals surface area contributed by atoms with Gasteiger partial charge in [0.25, 0.3) is 0 Å². The Morgan fingerprint density at radius 3 is 3.00 bits per heavy atom. The summed E-state index contributed by atoms with van der Waals surface area (Å²) < 4.78 is 0. The highest BCUT2D eigenvalue weighted by Gasteiger charge is 2.37. The van der Waals surface area contributed by atoms with Gasteiger partial charge in [0.2, 0.25) is 0 Å². The van der Waals surface area contributed by atoms with Crippen LogP contribution in [-0.2, 0) is 0 Å². The van der Waals surface area contributed by atoms with E-state index in [1.807, 2.05) is 37.0 Å². The van der Waals surface area contributed by atoms with Crippen LogP contribution >= 0.6 is 23.4 Å². The van der Waals surface area contributed by atoms with Gasteiger partial charge in [-0.25, -0.2) is 0 Å². The number of hydrogen-bond acceptors (Lipinski definition) is 3. The van der Waals surface area contributed by atoms with Crippen molar-refractivity contribution in [2.45, 2.75) is 34.9 Å². The van der Waals surface area contributed by atoms with Crippen LogP contribution in [0.25, 0.3) is 0 Å². The zero-order valence-corrected chi connectivity index (χ0v) is 11.5. The van der Waals surface area contributed by atoms with E-state index in [9.17, 15) is 5.11 Å². The smallest absolute Gasteiger partial charge is 0.0613 e. The molecule has 1 aromatic carbocycles. The molecule has 0 aliphatic heterocycles. The molecule has 1 aliphatic carbocycles. The number of thioether (sulfide) groups is 1. The van der Waals surface area contributed by atoms with Crippen LogP contribution in [0.2, 0.25) is 5.02 Å². The molecule has 0 spiro atoms. The minimum Gasteiger partial charge on any atom is -0.394 e. The van der Waals surface area contributed by atoms with E-state index in [-0.39, 0.29) is 12.1 Å². The van der Waals surface area contributed by atoms with Crippen molar-refractivity contribution in [2.75, 3.05) is 13.7 Å². The second-order valence-corrected chi connectivity index (χ2v) is 6.44. The van der Waals surface area contributed by atoms with Crippen molar-refractivity contribution in [2.24, 2.45) is 0 Å². The minimum absolute atomic E-state index is 0.0732. The molecule has 2 unspecified atom stereocenters. The molecule has 1 saturated carbocycles. The number of rotatable bonds is 4. The molecule has 1 aromatic rings. The van der Waals surface area contributed by atoms with Gasteiger partial charge in [-0.05, 0) is 44.5 Å². The largest absolute Gasteiger partial charge is 0.394 e. The SMILES string of the molecule is CNC1(CO)CCC(Sc2cccc(Cl)c2)C1. The fourth-order valence-electron chi connectivity index (χ4n) is 2.36. The van der Waals surface area contributed by atoms with E-state index in [1.54, 1.807) is 0 Å². The lowest BCUT2D eigenvalue weighted by Gasteiger charge is -2.26. The first-order valence-corrected chi connectivity index (χ1v) is 7.15. The van der Waals surface area contributed by atoms with Gasteiger partial charge in [-0.15, -0.1) is 11.8 Å². The van der Waals surface area contributed by atoms with Gasteiger partial charge in [0.15, 0.2) is 0 Å². The molecular weight excluding hydrogens is 254 g/mol. The first kappa shape index (κ1) is 13.2. The molecular formula is C13H18ClNOS. The van der Waals surface area contributed by atoms with E-state index < -0.39 is 0 Å². The highest BCUT2D eigenvalue weighted by molar-refractivity contribution is 8.00. The van der Waals surface area contributed by atoms with Crippen molar-refractivity contribution < 1.29 is 5.11 Å². The summed E-state index contributed by atoms with van der Waals surface area (Å²) in [4.78, 5) is 1.22. The van der Waals surface area contributed by atoms with Gasteiger partial charge < -0.3 is 10.4 Å². The van der Waals surface area contributed by atoms with Crippen LogP contribution in [0.4, 0.5) is 0 Å². The summed E-state index contributed by atoms with van der Waals surface area (Å²) in [6.45, 7) is 0.218. The molecule has 4 heteroatoms. The highest BCUT2D eigenvalue weighted by atomic mass is 35.5. The Labute approximate surface area is 112 Å². The van der Waals surface area contributed by atoms with E-state index in [2.05, 4.69) is 11.4 Å². The highest BCUT2D eigenvalue weighted by Crippen LogP contribution is 2.40. The topological polar surface area (TPSA) is 32.3 Å². The Balaban J connectivity index is 1.98. The van der Waals surface area contributed by atoms with E-state index in [0.717, 1.165) is 24.3 Å². The van der Waals surface area contributed by atoms with Gasteiger partial charge in [-0.3, -0.25) is 0 Å². The quantitative estimate of drug-likeness (QED) is 0.883. The van der Waals surface area contributed by atoms with Crippen molar-refractivity contribution in [1.82, 2.24) is 5.32 Å². The lowest BCUT2D eigenvalue weighted by molar-refractivity contribution is 0.173. The maximum atomic E-state index is 9.45. The fourth-order valence-corrected chi connectivity index (χ4v) is 3.99. The first-order chi connectivity index (χ1) is 8.17. The van der Waals surface area contributed by atoms with Crippen molar-refractivity contribution in [3.63, 3.8) is 0 Å². The Bertz CT molecular complexity index is 381. The summed E-state index contributed by atoms with van der Waals surface area (Å²) >= 11 is 7.84.